The van der Waals surface area contributed by atoms with Gasteiger partial charge in [-0.3, -0.25) is 4.79 Å². The summed E-state index contributed by atoms with van der Waals surface area (Å²) in [4.78, 5) is 10.4. The van der Waals surface area contributed by atoms with Gasteiger partial charge in [0.05, 0.1) is 19.3 Å². The predicted octanol–water partition coefficient (Wildman–Crippen LogP) is 0.759. The van der Waals surface area contributed by atoms with Gasteiger partial charge in [0.25, 0.3) is 0 Å². The van der Waals surface area contributed by atoms with E-state index in [0.29, 0.717) is 25.2 Å². The van der Waals surface area contributed by atoms with Crippen molar-refractivity contribution >= 4 is 6.29 Å². The number of benzene rings is 1. The van der Waals surface area contributed by atoms with Crippen molar-refractivity contribution in [1.29, 1.82) is 0 Å². The monoisotopic (exact) mass is 224 g/mol. The maximum atomic E-state index is 10.4. The van der Waals surface area contributed by atoms with E-state index in [1.54, 1.807) is 12.1 Å². The highest BCUT2D eigenvalue weighted by molar-refractivity contribution is 5.74. The summed E-state index contributed by atoms with van der Waals surface area (Å²) in [7, 11) is 0. The van der Waals surface area contributed by atoms with Crippen LogP contribution in [0.25, 0.3) is 0 Å². The quantitative estimate of drug-likeness (QED) is 0.530. The van der Waals surface area contributed by atoms with E-state index in [0.717, 1.165) is 11.8 Å². The molecule has 0 aliphatic rings. The molecule has 1 aromatic rings. The van der Waals surface area contributed by atoms with E-state index in [2.05, 4.69) is 0 Å². The van der Waals surface area contributed by atoms with Gasteiger partial charge in [-0.15, -0.1) is 0 Å². The Bertz CT molecular complexity index is 307. The third-order valence-electron chi connectivity index (χ3n) is 2.19. The number of carbonyl (C=O) groups is 1. The van der Waals surface area contributed by atoms with Crippen molar-refractivity contribution in [3.05, 3.63) is 35.4 Å². The van der Waals surface area contributed by atoms with Gasteiger partial charge in [0.1, 0.15) is 6.29 Å². The Balaban J connectivity index is 2.24. The Hall–Kier alpha value is -1.23. The molecule has 0 spiro atoms. The molecule has 0 saturated heterocycles. The number of hydrogen-bond donors (Lipinski definition) is 2. The summed E-state index contributed by atoms with van der Waals surface area (Å²) >= 11 is 0. The zero-order valence-electron chi connectivity index (χ0n) is 9.00. The average Bonchev–Trinajstić information content (AvgIpc) is 2.35. The summed E-state index contributed by atoms with van der Waals surface area (Å²) in [5.41, 5.74) is 1.61. The standard InChI is InChI=1S/C12H16O4/c13-7-10-1-3-11(4-2-10)9-16-6-5-12(15)8-14/h1-4,7,12,14-15H,5-6,8-9H2. The highest BCUT2D eigenvalue weighted by atomic mass is 16.5. The van der Waals surface area contributed by atoms with Crippen LogP contribution < -0.4 is 0 Å². The molecular formula is C12H16O4. The number of aliphatic hydroxyl groups excluding tert-OH is 2. The van der Waals surface area contributed by atoms with Crippen LogP contribution in [0.4, 0.5) is 0 Å². The van der Waals surface area contributed by atoms with Crippen LogP contribution in [0.15, 0.2) is 24.3 Å². The minimum Gasteiger partial charge on any atom is -0.394 e. The van der Waals surface area contributed by atoms with Crippen LogP contribution in [0.5, 0.6) is 0 Å². The molecule has 1 unspecified atom stereocenters. The molecule has 0 saturated carbocycles. The largest absolute Gasteiger partial charge is 0.394 e. The van der Waals surface area contributed by atoms with Crippen molar-refractivity contribution in [3.63, 3.8) is 0 Å². The molecule has 16 heavy (non-hydrogen) atoms. The molecule has 0 fully saturated rings. The van der Waals surface area contributed by atoms with Gasteiger partial charge in [-0.1, -0.05) is 24.3 Å². The van der Waals surface area contributed by atoms with Crippen molar-refractivity contribution in [2.45, 2.75) is 19.1 Å². The van der Waals surface area contributed by atoms with Crippen LogP contribution in [0.1, 0.15) is 22.3 Å². The van der Waals surface area contributed by atoms with E-state index >= 15 is 0 Å². The molecule has 88 valence electrons. The smallest absolute Gasteiger partial charge is 0.150 e. The molecule has 1 rings (SSSR count). The first-order chi connectivity index (χ1) is 7.76. The molecule has 0 aliphatic heterocycles. The first-order valence-electron chi connectivity index (χ1n) is 5.17. The van der Waals surface area contributed by atoms with Gasteiger partial charge in [-0.25, -0.2) is 0 Å². The third kappa shape index (κ3) is 4.53. The van der Waals surface area contributed by atoms with Crippen LogP contribution in [0.2, 0.25) is 0 Å². The molecule has 0 bridgehead atoms. The highest BCUT2D eigenvalue weighted by Crippen LogP contribution is 2.04. The predicted molar refractivity (Wildman–Crippen MR) is 59.2 cm³/mol. The number of hydrogen-bond acceptors (Lipinski definition) is 4. The van der Waals surface area contributed by atoms with Gasteiger partial charge >= 0.3 is 0 Å². The molecule has 4 nitrogen and oxygen atoms in total. The van der Waals surface area contributed by atoms with Crippen LogP contribution in [-0.4, -0.2) is 35.8 Å². The van der Waals surface area contributed by atoms with Gasteiger partial charge in [0.15, 0.2) is 0 Å². The number of ether oxygens (including phenoxy) is 1. The Kier molecular flexibility index (Phi) is 5.71. The molecule has 0 aromatic heterocycles. The summed E-state index contributed by atoms with van der Waals surface area (Å²) < 4.78 is 5.31. The summed E-state index contributed by atoms with van der Waals surface area (Å²) in [5.74, 6) is 0. The minimum atomic E-state index is -0.711. The molecule has 1 aromatic carbocycles. The summed E-state index contributed by atoms with van der Waals surface area (Å²) in [6.45, 7) is 0.603. The maximum Gasteiger partial charge on any atom is 0.150 e. The Labute approximate surface area is 94.5 Å². The van der Waals surface area contributed by atoms with Crippen molar-refractivity contribution in [2.24, 2.45) is 0 Å². The van der Waals surface area contributed by atoms with Gasteiger partial charge in [-0.2, -0.15) is 0 Å². The SMILES string of the molecule is O=Cc1ccc(COCCC(O)CO)cc1. The zero-order chi connectivity index (χ0) is 11.8. The van der Waals surface area contributed by atoms with Crippen molar-refractivity contribution in [2.75, 3.05) is 13.2 Å². The minimum absolute atomic E-state index is 0.239. The van der Waals surface area contributed by atoms with Crippen LogP contribution in [-0.2, 0) is 11.3 Å². The Morgan fingerprint density at radius 3 is 2.56 bits per heavy atom. The van der Waals surface area contributed by atoms with Gasteiger partial charge < -0.3 is 14.9 Å². The first kappa shape index (κ1) is 12.8. The average molecular weight is 224 g/mol. The first-order valence-corrected chi connectivity index (χ1v) is 5.17. The van der Waals surface area contributed by atoms with E-state index < -0.39 is 6.10 Å². The van der Waals surface area contributed by atoms with E-state index in [1.807, 2.05) is 12.1 Å². The third-order valence-corrected chi connectivity index (χ3v) is 2.19. The highest BCUT2D eigenvalue weighted by Gasteiger charge is 2.01. The Morgan fingerprint density at radius 1 is 1.31 bits per heavy atom. The van der Waals surface area contributed by atoms with Crippen LogP contribution in [0.3, 0.4) is 0 Å². The molecule has 4 heteroatoms. The second-order valence-electron chi connectivity index (χ2n) is 3.54. The summed E-state index contributed by atoms with van der Waals surface area (Å²) in [5, 5.41) is 17.6. The second kappa shape index (κ2) is 7.11. The lowest BCUT2D eigenvalue weighted by Crippen LogP contribution is -2.14. The van der Waals surface area contributed by atoms with E-state index in [1.165, 1.54) is 0 Å². The fourth-order valence-electron chi connectivity index (χ4n) is 1.19. The molecular weight excluding hydrogens is 208 g/mol. The van der Waals surface area contributed by atoms with E-state index in [9.17, 15) is 4.79 Å². The molecule has 0 radical (unpaired) electrons. The number of aliphatic hydroxyl groups is 2. The Morgan fingerprint density at radius 2 is 2.00 bits per heavy atom. The topological polar surface area (TPSA) is 66.8 Å². The van der Waals surface area contributed by atoms with E-state index in [4.69, 9.17) is 14.9 Å². The van der Waals surface area contributed by atoms with E-state index in [-0.39, 0.29) is 6.61 Å². The molecule has 0 amide bonds. The van der Waals surface area contributed by atoms with Gasteiger partial charge in [0.2, 0.25) is 0 Å². The number of aldehydes is 1. The zero-order valence-corrected chi connectivity index (χ0v) is 9.00. The molecule has 2 N–H and O–H groups in total. The molecule has 0 heterocycles. The van der Waals surface area contributed by atoms with Crippen LogP contribution >= 0.6 is 0 Å². The number of rotatable bonds is 7. The van der Waals surface area contributed by atoms with Crippen molar-refractivity contribution in [1.82, 2.24) is 0 Å². The lowest BCUT2D eigenvalue weighted by atomic mass is 10.2. The van der Waals surface area contributed by atoms with Crippen molar-refractivity contribution in [3.8, 4) is 0 Å². The molecule has 0 aliphatic carbocycles. The van der Waals surface area contributed by atoms with Gasteiger partial charge in [0, 0.05) is 12.2 Å². The number of carbonyl (C=O) groups excluding carboxylic acids is 1. The maximum absolute atomic E-state index is 10.4. The lowest BCUT2D eigenvalue weighted by Gasteiger charge is -2.07. The fourth-order valence-corrected chi connectivity index (χ4v) is 1.19. The normalized spacial score (nSPS) is 12.4. The fraction of sp³-hybridized carbons (Fsp3) is 0.417. The summed E-state index contributed by atoms with van der Waals surface area (Å²) in [6, 6.07) is 7.11. The summed E-state index contributed by atoms with van der Waals surface area (Å²) in [6.07, 6.45) is 0.503. The van der Waals surface area contributed by atoms with Crippen LogP contribution in [0, 0.1) is 0 Å². The van der Waals surface area contributed by atoms with Gasteiger partial charge in [-0.05, 0) is 12.0 Å². The lowest BCUT2D eigenvalue weighted by molar-refractivity contribution is 0.0436. The van der Waals surface area contributed by atoms with Crippen molar-refractivity contribution < 1.29 is 19.7 Å². The molecule has 1 atom stereocenters. The second-order valence-corrected chi connectivity index (χ2v) is 3.54.